The number of hydrogen-bond acceptors (Lipinski definition) is 3. The lowest BCUT2D eigenvalue weighted by molar-refractivity contribution is -0.147. The Bertz CT molecular complexity index is 440. The lowest BCUT2D eigenvalue weighted by Crippen LogP contribution is -2.46. The molecule has 2 amide bonds. The van der Waals surface area contributed by atoms with Crippen molar-refractivity contribution < 1.29 is 9.59 Å². The Kier molecular flexibility index (Phi) is 7.53. The highest BCUT2D eigenvalue weighted by atomic mass is 16.2. The van der Waals surface area contributed by atoms with E-state index in [1.54, 1.807) is 0 Å². The second kappa shape index (κ2) is 9.64. The zero-order valence-electron chi connectivity index (χ0n) is 15.1. The molecule has 2 fully saturated rings. The van der Waals surface area contributed by atoms with Crippen LogP contribution in [-0.2, 0) is 9.59 Å². The summed E-state index contributed by atoms with van der Waals surface area (Å²) in [6.45, 7) is 5.96. The Morgan fingerprint density at radius 3 is 2.38 bits per heavy atom. The minimum absolute atomic E-state index is 0.0581. The SMILES string of the molecule is CCNC(=NCCN1C(=O)CCCC1=O)NC1CCC(CC)CC1. The molecule has 0 radical (unpaired) electrons. The van der Waals surface area contributed by atoms with Gasteiger partial charge >= 0.3 is 0 Å². The molecule has 0 aromatic rings. The van der Waals surface area contributed by atoms with Crippen LogP contribution in [0.2, 0.25) is 0 Å². The first-order valence-electron chi connectivity index (χ1n) is 9.52. The number of amides is 2. The lowest BCUT2D eigenvalue weighted by Gasteiger charge is -2.29. The van der Waals surface area contributed by atoms with Crippen LogP contribution in [-0.4, -0.2) is 48.3 Å². The Balaban J connectivity index is 1.82. The van der Waals surface area contributed by atoms with Crippen molar-refractivity contribution in [3.8, 4) is 0 Å². The van der Waals surface area contributed by atoms with Gasteiger partial charge in [0.1, 0.15) is 0 Å². The van der Waals surface area contributed by atoms with Crippen molar-refractivity contribution in [3.05, 3.63) is 0 Å². The van der Waals surface area contributed by atoms with Gasteiger partial charge in [-0.05, 0) is 44.9 Å². The number of imide groups is 1. The van der Waals surface area contributed by atoms with Gasteiger partial charge in [0, 0.05) is 32.0 Å². The van der Waals surface area contributed by atoms with Crippen molar-refractivity contribution in [2.45, 2.75) is 71.3 Å². The molecule has 1 heterocycles. The normalized spacial score (nSPS) is 25.8. The van der Waals surface area contributed by atoms with Crippen molar-refractivity contribution in [2.24, 2.45) is 10.9 Å². The maximum absolute atomic E-state index is 11.8. The van der Waals surface area contributed by atoms with Crippen molar-refractivity contribution in [3.63, 3.8) is 0 Å². The number of carbonyl (C=O) groups is 2. The molecule has 2 rings (SSSR count). The molecule has 0 unspecified atom stereocenters. The van der Waals surface area contributed by atoms with E-state index in [0.717, 1.165) is 18.4 Å². The molecule has 6 nitrogen and oxygen atoms in total. The quantitative estimate of drug-likeness (QED) is 0.442. The van der Waals surface area contributed by atoms with E-state index >= 15 is 0 Å². The fourth-order valence-corrected chi connectivity index (χ4v) is 3.54. The number of nitrogens with zero attached hydrogens (tertiary/aromatic N) is 2. The summed E-state index contributed by atoms with van der Waals surface area (Å²) in [5.74, 6) is 1.56. The van der Waals surface area contributed by atoms with Crippen LogP contribution < -0.4 is 10.6 Å². The molecule has 1 saturated heterocycles. The number of likely N-dealkylation sites (tertiary alicyclic amines) is 1. The summed E-state index contributed by atoms with van der Waals surface area (Å²) in [6, 6.07) is 0.476. The second-order valence-corrected chi connectivity index (χ2v) is 6.82. The maximum atomic E-state index is 11.8. The predicted molar refractivity (Wildman–Crippen MR) is 95.7 cm³/mol. The third kappa shape index (κ3) is 5.49. The molecular formula is C18H32N4O2. The number of nitrogens with one attached hydrogen (secondary N) is 2. The van der Waals surface area contributed by atoms with Gasteiger partial charge < -0.3 is 10.6 Å². The maximum Gasteiger partial charge on any atom is 0.229 e. The van der Waals surface area contributed by atoms with Gasteiger partial charge in [-0.25, -0.2) is 0 Å². The smallest absolute Gasteiger partial charge is 0.229 e. The summed E-state index contributed by atoms with van der Waals surface area (Å²) >= 11 is 0. The van der Waals surface area contributed by atoms with Crippen LogP contribution in [0, 0.1) is 5.92 Å². The first kappa shape index (κ1) is 18.7. The van der Waals surface area contributed by atoms with Crippen LogP contribution in [0.5, 0.6) is 0 Å². The number of piperidine rings is 1. The zero-order valence-corrected chi connectivity index (χ0v) is 15.1. The Hall–Kier alpha value is -1.59. The van der Waals surface area contributed by atoms with E-state index in [4.69, 9.17) is 0 Å². The summed E-state index contributed by atoms with van der Waals surface area (Å²) in [7, 11) is 0. The highest BCUT2D eigenvalue weighted by Crippen LogP contribution is 2.26. The monoisotopic (exact) mass is 336 g/mol. The Morgan fingerprint density at radius 2 is 1.79 bits per heavy atom. The fourth-order valence-electron chi connectivity index (χ4n) is 3.54. The van der Waals surface area contributed by atoms with Gasteiger partial charge in [-0.2, -0.15) is 0 Å². The molecule has 1 aliphatic carbocycles. The van der Waals surface area contributed by atoms with Gasteiger partial charge in [0.2, 0.25) is 11.8 Å². The first-order valence-corrected chi connectivity index (χ1v) is 9.52. The van der Waals surface area contributed by atoms with Gasteiger partial charge in [-0.15, -0.1) is 0 Å². The highest BCUT2D eigenvalue weighted by Gasteiger charge is 2.25. The predicted octanol–water partition coefficient (Wildman–Crippen LogP) is 2.05. The van der Waals surface area contributed by atoms with Crippen LogP contribution in [0.15, 0.2) is 4.99 Å². The molecule has 0 spiro atoms. The largest absolute Gasteiger partial charge is 0.357 e. The van der Waals surface area contributed by atoms with Crippen LogP contribution in [0.25, 0.3) is 0 Å². The van der Waals surface area contributed by atoms with E-state index in [-0.39, 0.29) is 11.8 Å². The molecule has 24 heavy (non-hydrogen) atoms. The molecule has 0 bridgehead atoms. The molecule has 1 aliphatic heterocycles. The van der Waals surface area contributed by atoms with E-state index in [1.165, 1.54) is 37.0 Å². The molecule has 2 N–H and O–H groups in total. The highest BCUT2D eigenvalue weighted by molar-refractivity contribution is 5.97. The first-order chi connectivity index (χ1) is 11.6. The zero-order chi connectivity index (χ0) is 17.4. The van der Waals surface area contributed by atoms with Crippen LogP contribution in [0.4, 0.5) is 0 Å². The summed E-state index contributed by atoms with van der Waals surface area (Å²) < 4.78 is 0. The topological polar surface area (TPSA) is 73.8 Å². The number of aliphatic imine (C=N–C) groups is 1. The Labute approximate surface area is 145 Å². The van der Waals surface area contributed by atoms with Crippen molar-refractivity contribution in [1.82, 2.24) is 15.5 Å². The number of rotatable bonds is 6. The summed E-state index contributed by atoms with van der Waals surface area (Å²) in [4.78, 5) is 29.5. The van der Waals surface area contributed by atoms with Gasteiger partial charge in [0.15, 0.2) is 5.96 Å². The average Bonchev–Trinajstić information content (AvgIpc) is 2.58. The van der Waals surface area contributed by atoms with E-state index in [0.29, 0.717) is 38.4 Å². The molecule has 0 aromatic carbocycles. The van der Waals surface area contributed by atoms with Gasteiger partial charge in [-0.1, -0.05) is 13.3 Å². The Morgan fingerprint density at radius 1 is 1.12 bits per heavy atom. The molecule has 2 aliphatic rings. The second-order valence-electron chi connectivity index (χ2n) is 6.82. The molecule has 0 atom stereocenters. The van der Waals surface area contributed by atoms with Gasteiger partial charge in [-0.3, -0.25) is 19.5 Å². The van der Waals surface area contributed by atoms with Crippen LogP contribution in [0.3, 0.4) is 0 Å². The van der Waals surface area contributed by atoms with Crippen molar-refractivity contribution in [1.29, 1.82) is 0 Å². The fraction of sp³-hybridized carbons (Fsp3) is 0.833. The van der Waals surface area contributed by atoms with E-state index in [9.17, 15) is 9.59 Å². The number of carbonyl (C=O) groups excluding carboxylic acids is 2. The minimum atomic E-state index is -0.0581. The summed E-state index contributed by atoms with van der Waals surface area (Å²) in [5.41, 5.74) is 0. The molecular weight excluding hydrogens is 304 g/mol. The lowest BCUT2D eigenvalue weighted by atomic mass is 9.84. The summed E-state index contributed by atoms with van der Waals surface area (Å²) in [5, 5.41) is 6.78. The van der Waals surface area contributed by atoms with Crippen LogP contribution >= 0.6 is 0 Å². The van der Waals surface area contributed by atoms with E-state index < -0.39 is 0 Å². The third-order valence-electron chi connectivity index (χ3n) is 5.09. The van der Waals surface area contributed by atoms with Crippen molar-refractivity contribution in [2.75, 3.05) is 19.6 Å². The molecule has 6 heteroatoms. The van der Waals surface area contributed by atoms with Crippen LogP contribution in [0.1, 0.15) is 65.2 Å². The number of guanidine groups is 1. The summed E-state index contributed by atoms with van der Waals surface area (Å²) in [6.07, 6.45) is 7.86. The van der Waals surface area contributed by atoms with Gasteiger partial charge in [0.25, 0.3) is 0 Å². The van der Waals surface area contributed by atoms with E-state index in [1.807, 2.05) is 6.92 Å². The standard InChI is InChI=1S/C18H32N4O2/c1-3-14-8-10-15(11-9-14)21-18(19-4-2)20-12-13-22-16(23)6-5-7-17(22)24/h14-15H,3-13H2,1-2H3,(H2,19,20,21). The molecule has 136 valence electrons. The number of hydrogen-bond donors (Lipinski definition) is 2. The molecule has 0 aromatic heterocycles. The van der Waals surface area contributed by atoms with E-state index in [2.05, 4.69) is 22.5 Å². The van der Waals surface area contributed by atoms with Gasteiger partial charge in [0.05, 0.1) is 6.54 Å². The third-order valence-corrected chi connectivity index (χ3v) is 5.09. The molecule has 1 saturated carbocycles. The average molecular weight is 336 g/mol. The minimum Gasteiger partial charge on any atom is -0.357 e. The van der Waals surface area contributed by atoms with Crippen molar-refractivity contribution >= 4 is 17.8 Å².